The molecule has 3 nitrogen and oxygen atoms in total. The van der Waals surface area contributed by atoms with E-state index in [9.17, 15) is 9.18 Å². The van der Waals surface area contributed by atoms with Gasteiger partial charge in [0, 0.05) is 20.6 Å². The molecule has 0 saturated heterocycles. The number of nitrogen functional groups attached to an aromatic ring is 1. The van der Waals surface area contributed by atoms with E-state index in [0.717, 1.165) is 27.0 Å². The van der Waals surface area contributed by atoms with Crippen LogP contribution in [-0.4, -0.2) is 11.2 Å². The number of halogens is 1. The highest BCUT2D eigenvalue weighted by Gasteiger charge is 2.22. The second kappa shape index (κ2) is 7.13. The predicted molar refractivity (Wildman–Crippen MR) is 107 cm³/mol. The Morgan fingerprint density at radius 1 is 1.12 bits per heavy atom. The van der Waals surface area contributed by atoms with E-state index in [1.165, 1.54) is 23.8 Å². The summed E-state index contributed by atoms with van der Waals surface area (Å²) in [6.07, 6.45) is 2.55. The van der Waals surface area contributed by atoms with Gasteiger partial charge >= 0.3 is 0 Å². The lowest BCUT2D eigenvalue weighted by molar-refractivity contribution is 0.102. The number of amides is 1. The molecule has 0 bridgehead atoms. The number of nitrogens with two attached hydrogens (primary N) is 1. The molecule has 1 aliphatic carbocycles. The zero-order valence-electron chi connectivity index (χ0n) is 13.9. The third kappa shape index (κ3) is 3.92. The first-order valence-electron chi connectivity index (χ1n) is 8.32. The van der Waals surface area contributed by atoms with E-state index >= 15 is 0 Å². The topological polar surface area (TPSA) is 55.1 Å². The SMILES string of the molecule is Nc1ccc(-c2ccc(F)s2)cc1NC(=O)c1ccc(SC2CC2)cc1. The van der Waals surface area contributed by atoms with Gasteiger partial charge in [-0.2, -0.15) is 4.39 Å². The maximum absolute atomic E-state index is 13.3. The lowest BCUT2D eigenvalue weighted by Gasteiger charge is -2.10. The highest BCUT2D eigenvalue weighted by Crippen LogP contribution is 2.39. The molecule has 0 radical (unpaired) electrons. The molecule has 132 valence electrons. The van der Waals surface area contributed by atoms with E-state index in [1.54, 1.807) is 18.2 Å². The molecule has 1 aromatic heterocycles. The summed E-state index contributed by atoms with van der Waals surface area (Å²) in [5.41, 5.74) is 8.39. The smallest absolute Gasteiger partial charge is 0.255 e. The molecule has 1 aliphatic rings. The highest BCUT2D eigenvalue weighted by molar-refractivity contribution is 8.00. The molecule has 4 rings (SSSR count). The number of anilines is 2. The third-order valence-electron chi connectivity index (χ3n) is 4.10. The van der Waals surface area contributed by atoms with Crippen molar-refractivity contribution < 1.29 is 9.18 Å². The summed E-state index contributed by atoms with van der Waals surface area (Å²) in [6.45, 7) is 0. The zero-order valence-corrected chi connectivity index (χ0v) is 15.5. The Balaban J connectivity index is 1.51. The molecule has 6 heteroatoms. The van der Waals surface area contributed by atoms with E-state index < -0.39 is 0 Å². The summed E-state index contributed by atoms with van der Waals surface area (Å²) in [5, 5.41) is 3.35. The minimum atomic E-state index is -0.244. The molecule has 3 N–H and O–H groups in total. The van der Waals surface area contributed by atoms with Crippen LogP contribution in [-0.2, 0) is 0 Å². The lowest BCUT2D eigenvalue weighted by Crippen LogP contribution is -2.13. The minimum absolute atomic E-state index is 0.214. The van der Waals surface area contributed by atoms with Gasteiger partial charge in [0.25, 0.3) is 5.91 Å². The second-order valence-electron chi connectivity index (χ2n) is 6.20. The van der Waals surface area contributed by atoms with Crippen LogP contribution in [0.15, 0.2) is 59.5 Å². The van der Waals surface area contributed by atoms with E-state index in [0.29, 0.717) is 16.9 Å². The van der Waals surface area contributed by atoms with E-state index in [-0.39, 0.29) is 11.0 Å². The lowest BCUT2D eigenvalue weighted by atomic mass is 10.1. The molecule has 1 heterocycles. The Hall–Kier alpha value is -2.31. The van der Waals surface area contributed by atoms with Gasteiger partial charge in [-0.3, -0.25) is 4.79 Å². The van der Waals surface area contributed by atoms with Gasteiger partial charge in [0.15, 0.2) is 5.13 Å². The molecule has 1 amide bonds. The van der Waals surface area contributed by atoms with E-state index in [4.69, 9.17) is 5.73 Å². The maximum atomic E-state index is 13.3. The summed E-state index contributed by atoms with van der Waals surface area (Å²) < 4.78 is 13.3. The van der Waals surface area contributed by atoms with Gasteiger partial charge in [-0.15, -0.1) is 23.1 Å². The van der Waals surface area contributed by atoms with Gasteiger partial charge in [-0.1, -0.05) is 6.07 Å². The molecular formula is C20H17FN2OS2. The van der Waals surface area contributed by atoms with Crippen molar-refractivity contribution in [2.75, 3.05) is 11.1 Å². The Morgan fingerprint density at radius 3 is 2.54 bits per heavy atom. The average molecular weight is 385 g/mol. The molecule has 3 aromatic rings. The molecule has 26 heavy (non-hydrogen) atoms. The van der Waals surface area contributed by atoms with E-state index in [2.05, 4.69) is 5.32 Å². The normalized spacial score (nSPS) is 13.6. The Labute approximate surface area is 159 Å². The molecule has 1 saturated carbocycles. The number of nitrogens with one attached hydrogen (secondary N) is 1. The van der Waals surface area contributed by atoms with Crippen LogP contribution in [0, 0.1) is 5.13 Å². The Morgan fingerprint density at radius 2 is 1.88 bits per heavy atom. The van der Waals surface area contributed by atoms with Crippen molar-refractivity contribution in [3.8, 4) is 10.4 Å². The Bertz CT molecular complexity index is 949. The fourth-order valence-electron chi connectivity index (χ4n) is 2.54. The second-order valence-corrected chi connectivity index (χ2v) is 8.61. The summed E-state index contributed by atoms with van der Waals surface area (Å²) in [5.74, 6) is -0.214. The number of carbonyl (C=O) groups is 1. The van der Waals surface area contributed by atoms with Gasteiger partial charge in [-0.05, 0) is 66.9 Å². The van der Waals surface area contributed by atoms with Crippen molar-refractivity contribution in [3.63, 3.8) is 0 Å². The summed E-state index contributed by atoms with van der Waals surface area (Å²) in [7, 11) is 0. The molecule has 2 aromatic carbocycles. The van der Waals surface area contributed by atoms with Crippen LogP contribution >= 0.6 is 23.1 Å². The predicted octanol–water partition coefficient (Wildman–Crippen LogP) is 5.64. The van der Waals surface area contributed by atoms with Crippen LogP contribution in [0.2, 0.25) is 0 Å². The van der Waals surface area contributed by atoms with Gasteiger partial charge in [0.05, 0.1) is 11.4 Å². The Kier molecular flexibility index (Phi) is 4.70. The fourth-order valence-corrected chi connectivity index (χ4v) is 4.32. The van der Waals surface area contributed by atoms with Crippen LogP contribution < -0.4 is 11.1 Å². The monoisotopic (exact) mass is 384 g/mol. The molecule has 0 aliphatic heterocycles. The number of hydrogen-bond donors (Lipinski definition) is 2. The molecule has 0 atom stereocenters. The van der Waals surface area contributed by atoms with Gasteiger partial charge < -0.3 is 11.1 Å². The molecule has 0 unspecified atom stereocenters. The number of thiophene rings is 1. The summed E-state index contributed by atoms with van der Waals surface area (Å²) in [6, 6.07) is 16.1. The first kappa shape index (κ1) is 17.1. The minimum Gasteiger partial charge on any atom is -0.397 e. The fraction of sp³-hybridized carbons (Fsp3) is 0.150. The number of thioether (sulfide) groups is 1. The molecule has 0 spiro atoms. The van der Waals surface area contributed by atoms with E-state index in [1.807, 2.05) is 42.1 Å². The van der Waals surface area contributed by atoms with Crippen LogP contribution in [0.1, 0.15) is 23.2 Å². The first-order valence-corrected chi connectivity index (χ1v) is 10.0. The van der Waals surface area contributed by atoms with Crippen molar-refractivity contribution in [1.82, 2.24) is 0 Å². The third-order valence-corrected chi connectivity index (χ3v) is 6.37. The van der Waals surface area contributed by atoms with Crippen molar-refractivity contribution >= 4 is 40.4 Å². The number of rotatable bonds is 5. The summed E-state index contributed by atoms with van der Waals surface area (Å²) >= 11 is 2.92. The van der Waals surface area contributed by atoms with Crippen LogP contribution in [0.5, 0.6) is 0 Å². The first-order chi connectivity index (χ1) is 12.6. The standard InChI is InChI=1S/C20H17FN2OS2/c21-19-10-9-18(26-19)13-3-8-16(22)17(11-13)23-20(24)12-1-4-14(5-2-12)25-15-6-7-15/h1-5,8-11,15H,6-7,22H2,(H,23,24). The number of carbonyl (C=O) groups excluding carboxylic acids is 1. The highest BCUT2D eigenvalue weighted by atomic mass is 32.2. The van der Waals surface area contributed by atoms with Crippen molar-refractivity contribution in [3.05, 3.63) is 65.3 Å². The van der Waals surface area contributed by atoms with Crippen molar-refractivity contribution in [2.45, 2.75) is 23.0 Å². The number of hydrogen-bond acceptors (Lipinski definition) is 4. The van der Waals surface area contributed by atoms with Crippen molar-refractivity contribution in [2.24, 2.45) is 0 Å². The largest absolute Gasteiger partial charge is 0.397 e. The maximum Gasteiger partial charge on any atom is 0.255 e. The van der Waals surface area contributed by atoms with Crippen molar-refractivity contribution in [1.29, 1.82) is 0 Å². The van der Waals surface area contributed by atoms with Gasteiger partial charge in [0.1, 0.15) is 0 Å². The quantitative estimate of drug-likeness (QED) is 0.560. The van der Waals surface area contributed by atoms with Crippen LogP contribution in [0.4, 0.5) is 15.8 Å². The average Bonchev–Trinajstić information content (AvgIpc) is 3.35. The van der Waals surface area contributed by atoms with Gasteiger partial charge in [0.2, 0.25) is 0 Å². The van der Waals surface area contributed by atoms with Crippen LogP contribution in [0.3, 0.4) is 0 Å². The number of benzene rings is 2. The van der Waals surface area contributed by atoms with Gasteiger partial charge in [-0.25, -0.2) is 0 Å². The summed E-state index contributed by atoms with van der Waals surface area (Å²) in [4.78, 5) is 14.5. The van der Waals surface area contributed by atoms with Crippen LogP contribution in [0.25, 0.3) is 10.4 Å². The zero-order chi connectivity index (χ0) is 18.1. The molecular weight excluding hydrogens is 367 g/mol. The molecule has 1 fully saturated rings.